The average molecular weight is 495 g/mol. The number of benzene rings is 4. The van der Waals surface area contributed by atoms with Crippen LogP contribution in [0.2, 0.25) is 0 Å². The third-order valence-electron chi connectivity index (χ3n) is 6.25. The van der Waals surface area contributed by atoms with E-state index in [4.69, 9.17) is 4.74 Å². The van der Waals surface area contributed by atoms with Crippen LogP contribution in [0.1, 0.15) is 25.0 Å². The van der Waals surface area contributed by atoms with E-state index in [0.717, 1.165) is 21.9 Å². The van der Waals surface area contributed by atoms with Gasteiger partial charge in [0.2, 0.25) is 5.91 Å². The van der Waals surface area contributed by atoms with Crippen LogP contribution in [0.4, 0.5) is 0 Å². The highest BCUT2D eigenvalue weighted by molar-refractivity contribution is 5.90. The number of carbonyl (C=O) groups is 2. The molecule has 4 aromatic rings. The summed E-state index contributed by atoms with van der Waals surface area (Å²) in [6.07, 6.45) is 0.414. The molecule has 0 bridgehead atoms. The molecule has 5 nitrogen and oxygen atoms in total. The van der Waals surface area contributed by atoms with Crippen molar-refractivity contribution >= 4 is 22.6 Å². The second kappa shape index (κ2) is 12.7. The zero-order valence-corrected chi connectivity index (χ0v) is 21.5. The van der Waals surface area contributed by atoms with E-state index >= 15 is 0 Å². The fourth-order valence-corrected chi connectivity index (χ4v) is 4.30. The van der Waals surface area contributed by atoms with Crippen molar-refractivity contribution in [2.75, 3.05) is 13.2 Å². The first-order valence-corrected chi connectivity index (χ1v) is 12.8. The van der Waals surface area contributed by atoms with Crippen LogP contribution in [0, 0.1) is 5.92 Å². The number of rotatable bonds is 11. The van der Waals surface area contributed by atoms with E-state index in [9.17, 15) is 9.59 Å². The number of fused-ring (bicyclic) bond motifs is 1. The highest BCUT2D eigenvalue weighted by Crippen LogP contribution is 2.25. The molecule has 0 aromatic heterocycles. The molecule has 190 valence electrons. The summed E-state index contributed by atoms with van der Waals surface area (Å²) >= 11 is 0. The maximum Gasteiger partial charge on any atom is 0.261 e. The summed E-state index contributed by atoms with van der Waals surface area (Å²) in [6, 6.07) is 32.6. The Morgan fingerprint density at radius 3 is 2.11 bits per heavy atom. The van der Waals surface area contributed by atoms with Gasteiger partial charge < -0.3 is 15.0 Å². The molecule has 0 saturated heterocycles. The number of nitrogens with zero attached hydrogens (tertiary/aromatic N) is 1. The summed E-state index contributed by atoms with van der Waals surface area (Å²) in [7, 11) is 0. The van der Waals surface area contributed by atoms with E-state index in [1.54, 1.807) is 4.90 Å². The lowest BCUT2D eigenvalue weighted by molar-refractivity contribution is -0.142. The van der Waals surface area contributed by atoms with Gasteiger partial charge in [-0.1, -0.05) is 111 Å². The van der Waals surface area contributed by atoms with Crippen molar-refractivity contribution in [2.45, 2.75) is 32.9 Å². The Labute approximate surface area is 219 Å². The number of hydrogen-bond donors (Lipinski definition) is 1. The van der Waals surface area contributed by atoms with Crippen molar-refractivity contribution in [2.24, 2.45) is 5.92 Å². The van der Waals surface area contributed by atoms with Crippen LogP contribution in [-0.2, 0) is 22.6 Å². The summed E-state index contributed by atoms with van der Waals surface area (Å²) in [5.41, 5.74) is 1.95. The average Bonchev–Trinajstić information content (AvgIpc) is 2.93. The van der Waals surface area contributed by atoms with Gasteiger partial charge in [0.1, 0.15) is 11.8 Å². The van der Waals surface area contributed by atoms with Crippen LogP contribution >= 0.6 is 0 Å². The predicted octanol–water partition coefficient (Wildman–Crippen LogP) is 5.63. The lowest BCUT2D eigenvalue weighted by atomic mass is 10.0. The Morgan fingerprint density at radius 2 is 1.41 bits per heavy atom. The summed E-state index contributed by atoms with van der Waals surface area (Å²) in [5.74, 6) is 0.550. The van der Waals surface area contributed by atoms with Crippen LogP contribution in [0.5, 0.6) is 5.75 Å². The number of nitrogens with one attached hydrogen (secondary N) is 1. The van der Waals surface area contributed by atoms with Gasteiger partial charge in [-0.15, -0.1) is 0 Å². The van der Waals surface area contributed by atoms with Crippen molar-refractivity contribution in [3.63, 3.8) is 0 Å². The highest BCUT2D eigenvalue weighted by atomic mass is 16.5. The van der Waals surface area contributed by atoms with Gasteiger partial charge in [-0.25, -0.2) is 0 Å². The zero-order valence-electron chi connectivity index (χ0n) is 21.5. The molecule has 0 heterocycles. The molecule has 0 radical (unpaired) electrons. The quantitative estimate of drug-likeness (QED) is 0.294. The van der Waals surface area contributed by atoms with Crippen molar-refractivity contribution in [3.8, 4) is 5.75 Å². The third kappa shape index (κ3) is 7.20. The van der Waals surface area contributed by atoms with E-state index in [1.165, 1.54) is 0 Å². The number of amides is 2. The molecule has 1 N–H and O–H groups in total. The van der Waals surface area contributed by atoms with Gasteiger partial charge in [0.05, 0.1) is 0 Å². The van der Waals surface area contributed by atoms with Crippen molar-refractivity contribution in [1.82, 2.24) is 10.2 Å². The molecule has 1 atom stereocenters. The Balaban J connectivity index is 1.62. The molecule has 1 unspecified atom stereocenters. The zero-order chi connectivity index (χ0) is 26.0. The molecule has 2 amide bonds. The standard InChI is InChI=1S/C32H34N2O3/c1-24(2)21-33-32(36)29(20-25-12-5-3-6-13-25)34(22-26-14-7-4-8-15-26)31(35)23-37-30-19-11-17-27-16-9-10-18-28(27)30/h3-19,24,29H,20-23H2,1-2H3,(H,33,36). The first kappa shape index (κ1) is 26.0. The Morgan fingerprint density at radius 1 is 0.784 bits per heavy atom. The second-order valence-electron chi connectivity index (χ2n) is 9.62. The maximum atomic E-state index is 13.8. The first-order chi connectivity index (χ1) is 18.0. The van der Waals surface area contributed by atoms with Crippen LogP contribution in [0.3, 0.4) is 0 Å². The SMILES string of the molecule is CC(C)CNC(=O)C(Cc1ccccc1)N(Cc1ccccc1)C(=O)COc1cccc2ccccc12. The molecule has 37 heavy (non-hydrogen) atoms. The molecule has 0 saturated carbocycles. The Bertz CT molecular complexity index is 1300. The minimum atomic E-state index is -0.676. The molecule has 0 aliphatic heterocycles. The predicted molar refractivity (Wildman–Crippen MR) is 148 cm³/mol. The lowest BCUT2D eigenvalue weighted by Gasteiger charge is -2.31. The van der Waals surface area contributed by atoms with Crippen LogP contribution in [-0.4, -0.2) is 35.9 Å². The summed E-state index contributed by atoms with van der Waals surface area (Å²) in [6.45, 7) is 4.80. The van der Waals surface area contributed by atoms with Gasteiger partial charge in [0.25, 0.3) is 5.91 Å². The first-order valence-electron chi connectivity index (χ1n) is 12.8. The van der Waals surface area contributed by atoms with Gasteiger partial charge in [0.15, 0.2) is 6.61 Å². The molecular formula is C32H34N2O3. The molecule has 0 fully saturated rings. The Hall–Kier alpha value is -4.12. The summed E-state index contributed by atoms with van der Waals surface area (Å²) < 4.78 is 6.06. The topological polar surface area (TPSA) is 58.6 Å². The fourth-order valence-electron chi connectivity index (χ4n) is 4.30. The number of carbonyl (C=O) groups excluding carboxylic acids is 2. The smallest absolute Gasteiger partial charge is 0.261 e. The van der Waals surface area contributed by atoms with Crippen molar-refractivity contribution < 1.29 is 14.3 Å². The van der Waals surface area contributed by atoms with E-state index < -0.39 is 6.04 Å². The summed E-state index contributed by atoms with van der Waals surface area (Å²) in [4.78, 5) is 28.9. The van der Waals surface area contributed by atoms with Gasteiger partial charge in [0, 0.05) is 24.9 Å². The fraction of sp³-hybridized carbons (Fsp3) is 0.250. The van der Waals surface area contributed by atoms with Gasteiger partial charge >= 0.3 is 0 Å². The van der Waals surface area contributed by atoms with Crippen molar-refractivity contribution in [1.29, 1.82) is 0 Å². The second-order valence-corrected chi connectivity index (χ2v) is 9.62. The van der Waals surface area contributed by atoms with Crippen LogP contribution < -0.4 is 10.1 Å². The van der Waals surface area contributed by atoms with E-state index in [-0.39, 0.29) is 18.4 Å². The minimum Gasteiger partial charge on any atom is -0.483 e. The molecule has 4 aromatic carbocycles. The molecular weight excluding hydrogens is 460 g/mol. The van der Waals surface area contributed by atoms with E-state index in [0.29, 0.717) is 31.2 Å². The Kier molecular flexibility index (Phi) is 8.93. The largest absolute Gasteiger partial charge is 0.483 e. The van der Waals surface area contributed by atoms with Crippen molar-refractivity contribution in [3.05, 3.63) is 114 Å². The molecule has 5 heteroatoms. The molecule has 0 aliphatic rings. The normalized spacial score (nSPS) is 11.8. The highest BCUT2D eigenvalue weighted by Gasteiger charge is 2.30. The summed E-state index contributed by atoms with van der Waals surface area (Å²) in [5, 5.41) is 5.04. The molecule has 4 rings (SSSR count). The van der Waals surface area contributed by atoms with E-state index in [2.05, 4.69) is 19.2 Å². The van der Waals surface area contributed by atoms with Gasteiger partial charge in [-0.05, 0) is 28.5 Å². The maximum absolute atomic E-state index is 13.8. The van der Waals surface area contributed by atoms with Crippen LogP contribution in [0.15, 0.2) is 103 Å². The minimum absolute atomic E-state index is 0.160. The van der Waals surface area contributed by atoms with E-state index in [1.807, 2.05) is 103 Å². The number of ether oxygens (including phenoxy) is 1. The van der Waals surface area contributed by atoms with Crippen LogP contribution in [0.25, 0.3) is 10.8 Å². The monoisotopic (exact) mass is 494 g/mol. The van der Waals surface area contributed by atoms with Gasteiger partial charge in [-0.3, -0.25) is 9.59 Å². The number of hydrogen-bond acceptors (Lipinski definition) is 3. The molecule has 0 spiro atoms. The lowest BCUT2D eigenvalue weighted by Crippen LogP contribution is -2.52. The molecule has 0 aliphatic carbocycles. The third-order valence-corrected chi connectivity index (χ3v) is 6.25. The van der Waals surface area contributed by atoms with Gasteiger partial charge in [-0.2, -0.15) is 0 Å².